The number of sulfonamides is 1. The van der Waals surface area contributed by atoms with Gasteiger partial charge >= 0.3 is 0 Å². The van der Waals surface area contributed by atoms with Gasteiger partial charge in [-0.05, 0) is 32.4 Å². The number of benzene rings is 1. The molecule has 0 spiro atoms. The Morgan fingerprint density at radius 3 is 2.75 bits per heavy atom. The van der Waals surface area contributed by atoms with Crippen LogP contribution in [-0.4, -0.2) is 27.0 Å². The fourth-order valence-corrected chi connectivity index (χ4v) is 3.81. The van der Waals surface area contributed by atoms with Crippen molar-refractivity contribution < 1.29 is 12.8 Å². The maximum Gasteiger partial charge on any atom is 0.216 e. The highest BCUT2D eigenvalue weighted by atomic mass is 35.5. The highest BCUT2D eigenvalue weighted by Gasteiger charge is 2.26. The molecule has 0 aliphatic carbocycles. The third-order valence-electron chi connectivity index (χ3n) is 3.40. The molecule has 2 atom stereocenters. The zero-order valence-corrected chi connectivity index (χ0v) is 12.9. The molecule has 1 heterocycles. The van der Waals surface area contributed by atoms with Crippen LogP contribution in [0.4, 0.5) is 4.39 Å². The molecule has 1 aliphatic heterocycles. The van der Waals surface area contributed by atoms with Gasteiger partial charge in [0, 0.05) is 17.6 Å². The maximum absolute atomic E-state index is 13.5. The van der Waals surface area contributed by atoms with Crippen LogP contribution in [0.2, 0.25) is 0 Å². The monoisotopic (exact) mass is 322 g/mol. The zero-order valence-electron chi connectivity index (χ0n) is 11.3. The van der Waals surface area contributed by atoms with Gasteiger partial charge in [-0.15, -0.1) is 12.4 Å². The van der Waals surface area contributed by atoms with Crippen LogP contribution in [0, 0.1) is 5.82 Å². The molecule has 2 unspecified atom stereocenters. The van der Waals surface area contributed by atoms with Gasteiger partial charge in [0.1, 0.15) is 5.82 Å². The first-order chi connectivity index (χ1) is 8.98. The first-order valence-corrected chi connectivity index (χ1v) is 8.10. The Balaban J connectivity index is 0.00000200. The summed E-state index contributed by atoms with van der Waals surface area (Å²) in [5.74, 6) is -0.800. The molecule has 2 N–H and O–H groups in total. The number of rotatable bonds is 4. The molecule has 0 radical (unpaired) electrons. The second kappa shape index (κ2) is 7.36. The van der Waals surface area contributed by atoms with Crippen molar-refractivity contribution in [1.29, 1.82) is 0 Å². The van der Waals surface area contributed by atoms with E-state index >= 15 is 0 Å². The minimum atomic E-state index is -3.52. The lowest BCUT2D eigenvalue weighted by Gasteiger charge is -2.30. The van der Waals surface area contributed by atoms with Crippen LogP contribution < -0.4 is 10.0 Å². The molecule has 2 rings (SSSR count). The van der Waals surface area contributed by atoms with Gasteiger partial charge in [-0.2, -0.15) is 0 Å². The summed E-state index contributed by atoms with van der Waals surface area (Å²) in [6.45, 7) is 2.86. The summed E-state index contributed by atoms with van der Waals surface area (Å²) in [5, 5.41) is 3.23. The van der Waals surface area contributed by atoms with Crippen molar-refractivity contribution in [2.75, 3.05) is 6.54 Å². The number of hydrogen-bond donors (Lipinski definition) is 2. The van der Waals surface area contributed by atoms with Crippen LogP contribution in [-0.2, 0) is 15.8 Å². The van der Waals surface area contributed by atoms with Crippen molar-refractivity contribution in [2.45, 2.75) is 37.6 Å². The molecule has 1 fully saturated rings. The summed E-state index contributed by atoms with van der Waals surface area (Å²) in [6.07, 6.45) is 1.75. The van der Waals surface area contributed by atoms with Crippen LogP contribution in [0.15, 0.2) is 24.3 Å². The largest absolute Gasteiger partial charge is 0.313 e. The Morgan fingerprint density at radius 1 is 1.40 bits per heavy atom. The van der Waals surface area contributed by atoms with E-state index in [9.17, 15) is 12.8 Å². The van der Waals surface area contributed by atoms with Gasteiger partial charge in [0.2, 0.25) is 10.0 Å². The van der Waals surface area contributed by atoms with Crippen molar-refractivity contribution in [3.05, 3.63) is 35.6 Å². The molecule has 1 saturated heterocycles. The van der Waals surface area contributed by atoms with E-state index in [1.165, 1.54) is 12.1 Å². The van der Waals surface area contributed by atoms with E-state index in [0.717, 1.165) is 19.4 Å². The van der Waals surface area contributed by atoms with E-state index in [1.54, 1.807) is 12.1 Å². The minimum absolute atomic E-state index is 0. The molecule has 7 heteroatoms. The van der Waals surface area contributed by atoms with Gasteiger partial charge in [0.15, 0.2) is 0 Å². The molecular formula is C13H20ClFN2O2S. The first-order valence-electron chi connectivity index (χ1n) is 6.45. The van der Waals surface area contributed by atoms with E-state index in [0.29, 0.717) is 0 Å². The summed E-state index contributed by atoms with van der Waals surface area (Å²) >= 11 is 0. The van der Waals surface area contributed by atoms with Crippen LogP contribution >= 0.6 is 12.4 Å². The topological polar surface area (TPSA) is 58.2 Å². The molecule has 1 aromatic rings. The normalized spacial score (nSPS) is 23.1. The molecule has 1 aliphatic rings. The van der Waals surface area contributed by atoms with Gasteiger partial charge in [-0.3, -0.25) is 0 Å². The SMILES string of the molecule is CC1NCCCC1NS(=O)(=O)Cc1ccccc1F.Cl. The quantitative estimate of drug-likeness (QED) is 0.889. The number of halogens is 2. The van der Waals surface area contributed by atoms with Gasteiger partial charge in [-0.1, -0.05) is 18.2 Å². The van der Waals surface area contributed by atoms with Crippen LogP contribution in [0.1, 0.15) is 25.3 Å². The average Bonchev–Trinajstić information content (AvgIpc) is 2.35. The van der Waals surface area contributed by atoms with Crippen LogP contribution in [0.5, 0.6) is 0 Å². The van der Waals surface area contributed by atoms with E-state index in [-0.39, 0.29) is 35.8 Å². The molecular weight excluding hydrogens is 303 g/mol. The van der Waals surface area contributed by atoms with Crippen molar-refractivity contribution in [3.63, 3.8) is 0 Å². The van der Waals surface area contributed by atoms with E-state index in [1.807, 2.05) is 6.92 Å². The van der Waals surface area contributed by atoms with Gasteiger partial charge in [0.05, 0.1) is 5.75 Å². The second-order valence-corrected chi connectivity index (χ2v) is 6.71. The lowest BCUT2D eigenvalue weighted by Crippen LogP contribution is -2.52. The zero-order chi connectivity index (χ0) is 13.9. The Morgan fingerprint density at radius 2 is 2.10 bits per heavy atom. The number of piperidine rings is 1. The maximum atomic E-state index is 13.5. The van der Waals surface area contributed by atoms with Crippen molar-refractivity contribution >= 4 is 22.4 Å². The molecule has 114 valence electrons. The molecule has 20 heavy (non-hydrogen) atoms. The van der Waals surface area contributed by atoms with Gasteiger partial charge in [-0.25, -0.2) is 17.5 Å². The van der Waals surface area contributed by atoms with Gasteiger partial charge < -0.3 is 5.32 Å². The third kappa shape index (κ3) is 4.70. The minimum Gasteiger partial charge on any atom is -0.313 e. The lowest BCUT2D eigenvalue weighted by atomic mass is 10.0. The fraction of sp³-hybridized carbons (Fsp3) is 0.538. The Labute approximate surface area is 125 Å². The summed E-state index contributed by atoms with van der Waals surface area (Å²) in [7, 11) is -3.52. The second-order valence-electron chi connectivity index (χ2n) is 4.96. The highest BCUT2D eigenvalue weighted by molar-refractivity contribution is 7.88. The lowest BCUT2D eigenvalue weighted by molar-refractivity contribution is 0.348. The third-order valence-corrected chi connectivity index (χ3v) is 4.75. The molecule has 0 amide bonds. The summed E-state index contributed by atoms with van der Waals surface area (Å²) in [5.41, 5.74) is 0.200. The van der Waals surface area contributed by atoms with Crippen LogP contribution in [0.3, 0.4) is 0 Å². The van der Waals surface area contributed by atoms with Crippen molar-refractivity contribution in [2.24, 2.45) is 0 Å². The number of nitrogens with one attached hydrogen (secondary N) is 2. The molecule has 1 aromatic carbocycles. The van der Waals surface area contributed by atoms with Crippen molar-refractivity contribution in [3.8, 4) is 0 Å². The predicted molar refractivity (Wildman–Crippen MR) is 79.9 cm³/mol. The highest BCUT2D eigenvalue weighted by Crippen LogP contribution is 2.13. The average molecular weight is 323 g/mol. The standard InChI is InChI=1S/C13H19FN2O2S.ClH/c1-10-13(7-4-8-15-10)16-19(17,18)9-11-5-2-3-6-12(11)14;/h2-3,5-6,10,13,15-16H,4,7-9H2,1H3;1H. The Bertz CT molecular complexity index is 539. The molecule has 0 bridgehead atoms. The van der Waals surface area contributed by atoms with E-state index in [2.05, 4.69) is 10.0 Å². The summed E-state index contributed by atoms with van der Waals surface area (Å²) in [6, 6.07) is 5.94. The predicted octanol–water partition coefficient (Wildman–Crippen LogP) is 1.81. The van der Waals surface area contributed by atoms with Crippen LogP contribution in [0.25, 0.3) is 0 Å². The fourth-order valence-electron chi connectivity index (χ4n) is 2.30. The first kappa shape index (κ1) is 17.4. The van der Waals surface area contributed by atoms with E-state index < -0.39 is 15.8 Å². The smallest absolute Gasteiger partial charge is 0.216 e. The molecule has 4 nitrogen and oxygen atoms in total. The number of hydrogen-bond acceptors (Lipinski definition) is 3. The Kier molecular flexibility index (Phi) is 6.39. The van der Waals surface area contributed by atoms with E-state index in [4.69, 9.17) is 0 Å². The summed E-state index contributed by atoms with van der Waals surface area (Å²) in [4.78, 5) is 0. The summed E-state index contributed by atoms with van der Waals surface area (Å²) < 4.78 is 40.3. The van der Waals surface area contributed by atoms with Crippen molar-refractivity contribution in [1.82, 2.24) is 10.0 Å². The molecule has 0 saturated carbocycles. The van der Waals surface area contributed by atoms with Gasteiger partial charge in [0.25, 0.3) is 0 Å². The molecule has 0 aromatic heterocycles. The Hall–Kier alpha value is -0.690.